The molecule has 0 unspecified atom stereocenters. The summed E-state index contributed by atoms with van der Waals surface area (Å²) in [6.45, 7) is 0. The van der Waals surface area contributed by atoms with Crippen LogP contribution in [0.3, 0.4) is 0 Å². The Bertz CT molecular complexity index is 608. The molecule has 0 saturated heterocycles. The van der Waals surface area contributed by atoms with Crippen LogP contribution in [0.25, 0.3) is 0 Å². The van der Waals surface area contributed by atoms with Gasteiger partial charge < -0.3 is 10.9 Å². The van der Waals surface area contributed by atoms with Crippen molar-refractivity contribution in [3.63, 3.8) is 0 Å². The highest BCUT2D eigenvalue weighted by molar-refractivity contribution is 8.01. The van der Waals surface area contributed by atoms with Crippen LogP contribution >= 0.6 is 11.8 Å². The first-order valence-electron chi connectivity index (χ1n) is 6.95. The van der Waals surface area contributed by atoms with Crippen LogP contribution in [0.1, 0.15) is 31.2 Å². The second kappa shape index (κ2) is 7.17. The van der Waals surface area contributed by atoms with Gasteiger partial charge in [-0.3, -0.25) is 0 Å². The molecule has 7 heteroatoms. The van der Waals surface area contributed by atoms with Gasteiger partial charge in [0, 0.05) is 16.6 Å². The first-order valence-corrected chi connectivity index (χ1v) is 9.65. The molecule has 1 aliphatic carbocycles. The third-order valence-electron chi connectivity index (χ3n) is 3.60. The molecule has 0 bridgehead atoms. The molecule has 0 atom stereocenters. The summed E-state index contributed by atoms with van der Waals surface area (Å²) in [6, 6.07) is 6.21. The third kappa shape index (κ3) is 4.38. The van der Waals surface area contributed by atoms with Crippen LogP contribution in [0.15, 0.2) is 34.3 Å². The van der Waals surface area contributed by atoms with Crippen molar-refractivity contribution in [1.29, 1.82) is 0 Å². The van der Waals surface area contributed by atoms with E-state index in [-0.39, 0.29) is 16.5 Å². The molecule has 0 heterocycles. The maximum atomic E-state index is 12.3. The SMILES string of the molecule is N/C(=N/O)c1cccc(S(=O)(=O)CCSC2CCCC2)c1. The van der Waals surface area contributed by atoms with Crippen molar-refractivity contribution in [2.24, 2.45) is 10.9 Å². The topological polar surface area (TPSA) is 92.8 Å². The van der Waals surface area contributed by atoms with E-state index in [9.17, 15) is 8.42 Å². The third-order valence-corrected chi connectivity index (χ3v) is 6.96. The highest BCUT2D eigenvalue weighted by Gasteiger charge is 2.19. The van der Waals surface area contributed by atoms with Crippen molar-refractivity contribution in [3.05, 3.63) is 29.8 Å². The largest absolute Gasteiger partial charge is 0.409 e. The van der Waals surface area contributed by atoms with Crippen LogP contribution < -0.4 is 5.73 Å². The molecule has 0 spiro atoms. The van der Waals surface area contributed by atoms with E-state index in [1.165, 1.54) is 31.7 Å². The number of oxime groups is 1. The minimum atomic E-state index is -3.33. The molecule has 2 rings (SSSR count). The second-order valence-electron chi connectivity index (χ2n) is 5.11. The Morgan fingerprint density at radius 1 is 1.38 bits per heavy atom. The van der Waals surface area contributed by atoms with Crippen LogP contribution in [0, 0.1) is 0 Å². The van der Waals surface area contributed by atoms with Gasteiger partial charge in [-0.1, -0.05) is 30.1 Å². The predicted octanol–water partition coefficient (Wildman–Crippen LogP) is 2.23. The molecule has 1 aromatic rings. The van der Waals surface area contributed by atoms with Crippen molar-refractivity contribution in [2.75, 3.05) is 11.5 Å². The molecule has 0 radical (unpaired) electrons. The molecule has 21 heavy (non-hydrogen) atoms. The molecule has 1 fully saturated rings. The van der Waals surface area contributed by atoms with E-state index in [0.29, 0.717) is 16.6 Å². The minimum absolute atomic E-state index is 0.0904. The van der Waals surface area contributed by atoms with E-state index in [1.54, 1.807) is 30.0 Å². The van der Waals surface area contributed by atoms with E-state index < -0.39 is 9.84 Å². The van der Waals surface area contributed by atoms with Crippen molar-refractivity contribution in [3.8, 4) is 0 Å². The summed E-state index contributed by atoms with van der Waals surface area (Å²) in [5.41, 5.74) is 5.89. The molecule has 1 aliphatic rings. The van der Waals surface area contributed by atoms with E-state index in [1.807, 2.05) is 0 Å². The average Bonchev–Trinajstić information content (AvgIpc) is 2.99. The van der Waals surface area contributed by atoms with Gasteiger partial charge >= 0.3 is 0 Å². The Morgan fingerprint density at radius 2 is 2.10 bits per heavy atom. The first kappa shape index (κ1) is 16.2. The summed E-state index contributed by atoms with van der Waals surface area (Å²) in [5, 5.41) is 12.2. The monoisotopic (exact) mass is 328 g/mol. The standard InChI is InChI=1S/C14H20N2O3S2/c15-14(16-17)11-4-3-7-13(10-11)21(18,19)9-8-20-12-5-1-2-6-12/h3-4,7,10,12,17H,1-2,5-6,8-9H2,(H2,15,16). The number of sulfone groups is 1. The number of hydrogen-bond acceptors (Lipinski definition) is 5. The van der Waals surface area contributed by atoms with Crippen molar-refractivity contribution < 1.29 is 13.6 Å². The fourth-order valence-corrected chi connectivity index (χ4v) is 5.49. The zero-order chi connectivity index (χ0) is 15.3. The Kier molecular flexibility index (Phi) is 5.52. The first-order chi connectivity index (χ1) is 10.0. The molecule has 1 aromatic carbocycles. The summed E-state index contributed by atoms with van der Waals surface area (Å²) < 4.78 is 24.6. The quantitative estimate of drug-likeness (QED) is 0.361. The van der Waals surface area contributed by atoms with Gasteiger partial charge in [-0.25, -0.2) is 8.42 Å². The Morgan fingerprint density at radius 3 is 2.76 bits per heavy atom. The van der Waals surface area contributed by atoms with Crippen LogP contribution in [0.2, 0.25) is 0 Å². The second-order valence-corrected chi connectivity index (χ2v) is 8.63. The normalized spacial score (nSPS) is 17.2. The summed E-state index contributed by atoms with van der Waals surface area (Å²) in [6.07, 6.45) is 4.91. The lowest BCUT2D eigenvalue weighted by atomic mass is 10.2. The molecular formula is C14H20N2O3S2. The zero-order valence-corrected chi connectivity index (χ0v) is 13.4. The molecule has 0 aliphatic heterocycles. The number of hydrogen-bond donors (Lipinski definition) is 2. The molecule has 1 saturated carbocycles. The van der Waals surface area contributed by atoms with Crippen LogP contribution in [-0.2, 0) is 9.84 Å². The van der Waals surface area contributed by atoms with Gasteiger partial charge in [-0.2, -0.15) is 11.8 Å². The summed E-state index contributed by atoms with van der Waals surface area (Å²) in [5.74, 6) is 0.640. The number of thioether (sulfide) groups is 1. The minimum Gasteiger partial charge on any atom is -0.409 e. The fraction of sp³-hybridized carbons (Fsp3) is 0.500. The summed E-state index contributed by atoms with van der Waals surface area (Å²) >= 11 is 1.75. The van der Waals surface area contributed by atoms with Gasteiger partial charge in [0.25, 0.3) is 0 Å². The van der Waals surface area contributed by atoms with Gasteiger partial charge in [-0.05, 0) is 25.0 Å². The van der Waals surface area contributed by atoms with E-state index in [0.717, 1.165) is 0 Å². The Labute approximate surface area is 129 Å². The Hall–Kier alpha value is -1.21. The number of nitrogens with two attached hydrogens (primary N) is 1. The van der Waals surface area contributed by atoms with Gasteiger partial charge in [0.15, 0.2) is 15.7 Å². The molecule has 3 N–H and O–H groups in total. The number of amidine groups is 1. The molecule has 0 aromatic heterocycles. The van der Waals surface area contributed by atoms with Crippen LogP contribution in [0.5, 0.6) is 0 Å². The lowest BCUT2D eigenvalue weighted by Crippen LogP contribution is -2.15. The summed E-state index contributed by atoms with van der Waals surface area (Å²) in [7, 11) is -3.33. The van der Waals surface area contributed by atoms with Crippen molar-refractivity contribution >= 4 is 27.4 Å². The number of rotatable bonds is 6. The van der Waals surface area contributed by atoms with Gasteiger partial charge in [0.05, 0.1) is 10.6 Å². The van der Waals surface area contributed by atoms with Crippen molar-refractivity contribution in [1.82, 2.24) is 0 Å². The Balaban J connectivity index is 2.01. The van der Waals surface area contributed by atoms with E-state index >= 15 is 0 Å². The molecule has 0 amide bonds. The van der Waals surface area contributed by atoms with Gasteiger partial charge in [-0.15, -0.1) is 0 Å². The number of nitrogens with zero attached hydrogens (tertiary/aromatic N) is 1. The highest BCUT2D eigenvalue weighted by Crippen LogP contribution is 2.29. The van der Waals surface area contributed by atoms with Gasteiger partial charge in [0.1, 0.15) is 0 Å². The molecular weight excluding hydrogens is 308 g/mol. The highest BCUT2D eigenvalue weighted by atomic mass is 32.2. The van der Waals surface area contributed by atoms with Crippen LogP contribution in [0.4, 0.5) is 0 Å². The summed E-state index contributed by atoms with van der Waals surface area (Å²) in [4.78, 5) is 0.221. The van der Waals surface area contributed by atoms with Gasteiger partial charge in [0.2, 0.25) is 0 Å². The maximum absolute atomic E-state index is 12.3. The zero-order valence-electron chi connectivity index (χ0n) is 11.7. The number of benzene rings is 1. The predicted molar refractivity (Wildman–Crippen MR) is 85.7 cm³/mol. The fourth-order valence-electron chi connectivity index (χ4n) is 2.40. The molecule has 116 valence electrons. The lowest BCUT2D eigenvalue weighted by Gasteiger charge is -2.09. The van der Waals surface area contributed by atoms with E-state index in [2.05, 4.69) is 5.16 Å². The average molecular weight is 328 g/mol. The lowest BCUT2D eigenvalue weighted by molar-refractivity contribution is 0.318. The smallest absolute Gasteiger partial charge is 0.179 e. The van der Waals surface area contributed by atoms with Crippen LogP contribution in [-0.4, -0.2) is 36.2 Å². The maximum Gasteiger partial charge on any atom is 0.179 e. The van der Waals surface area contributed by atoms with E-state index in [4.69, 9.17) is 10.9 Å². The van der Waals surface area contributed by atoms with Crippen molar-refractivity contribution in [2.45, 2.75) is 35.8 Å². The molecule has 5 nitrogen and oxygen atoms in total.